The molecule has 25 heavy (non-hydrogen) atoms. The number of halogens is 1. The second-order valence-electron chi connectivity index (χ2n) is 5.33. The van der Waals surface area contributed by atoms with Gasteiger partial charge in [-0.2, -0.15) is 0 Å². The molecule has 0 aliphatic carbocycles. The maximum atomic E-state index is 10.9. The molecular weight excluding hydrogens is 380 g/mol. The molecule has 9 heteroatoms. The molecule has 0 aliphatic heterocycles. The zero-order valence-corrected chi connectivity index (χ0v) is 16.0. The minimum absolute atomic E-state index is 0.0941. The van der Waals surface area contributed by atoms with Crippen molar-refractivity contribution in [3.63, 3.8) is 0 Å². The number of nitro groups is 1. The molecule has 0 unspecified atom stereocenters. The molecule has 6 nitrogen and oxygen atoms in total. The molecule has 0 saturated heterocycles. The number of non-ortho nitro benzene ring substituents is 1. The maximum absolute atomic E-state index is 10.9. The Morgan fingerprint density at radius 1 is 1.40 bits per heavy atom. The summed E-state index contributed by atoms with van der Waals surface area (Å²) in [5.41, 5.74) is 1.99. The molecule has 0 radical (unpaired) electrons. The van der Waals surface area contributed by atoms with Gasteiger partial charge in [0.25, 0.3) is 5.69 Å². The molecule has 3 rings (SSSR count). The first kappa shape index (κ1) is 17.9. The lowest BCUT2D eigenvalue weighted by Crippen LogP contribution is -1.99. The first-order valence-electron chi connectivity index (χ1n) is 7.54. The quantitative estimate of drug-likeness (QED) is 0.327. The van der Waals surface area contributed by atoms with Crippen molar-refractivity contribution in [1.82, 2.24) is 14.8 Å². The lowest BCUT2D eigenvalue weighted by Gasteiger charge is -2.06. The fourth-order valence-electron chi connectivity index (χ4n) is 2.34. The van der Waals surface area contributed by atoms with Crippen LogP contribution in [-0.4, -0.2) is 19.7 Å². The summed E-state index contributed by atoms with van der Waals surface area (Å²) < 4.78 is 2.01. The van der Waals surface area contributed by atoms with Gasteiger partial charge >= 0.3 is 0 Å². The molecule has 0 atom stereocenters. The number of thioether (sulfide) groups is 1. The van der Waals surface area contributed by atoms with Crippen LogP contribution in [0.4, 0.5) is 5.69 Å². The fraction of sp³-hybridized carbons (Fsp3) is 0.250. The van der Waals surface area contributed by atoms with Gasteiger partial charge in [0.15, 0.2) is 11.0 Å². The molecule has 0 saturated carbocycles. The van der Waals surface area contributed by atoms with Gasteiger partial charge in [0.1, 0.15) is 0 Å². The average Bonchev–Trinajstić information content (AvgIpc) is 3.16. The van der Waals surface area contributed by atoms with Gasteiger partial charge < -0.3 is 4.57 Å². The van der Waals surface area contributed by atoms with Gasteiger partial charge in [-0.15, -0.1) is 21.5 Å². The smallest absolute Gasteiger partial charge is 0.269 e. The van der Waals surface area contributed by atoms with Crippen LogP contribution in [0.1, 0.15) is 18.1 Å². The van der Waals surface area contributed by atoms with E-state index >= 15 is 0 Å². The Morgan fingerprint density at radius 3 is 2.84 bits per heavy atom. The predicted octanol–water partition coefficient (Wildman–Crippen LogP) is 5.19. The van der Waals surface area contributed by atoms with Crippen molar-refractivity contribution < 1.29 is 4.92 Å². The summed E-state index contributed by atoms with van der Waals surface area (Å²) in [7, 11) is 0. The van der Waals surface area contributed by atoms with Crippen LogP contribution in [0.5, 0.6) is 0 Å². The Morgan fingerprint density at radius 2 is 2.20 bits per heavy atom. The van der Waals surface area contributed by atoms with Crippen LogP contribution in [0, 0.1) is 17.0 Å². The Labute approximate surface area is 158 Å². The second kappa shape index (κ2) is 7.55. The summed E-state index contributed by atoms with van der Waals surface area (Å²) in [6.07, 6.45) is 0. The molecule has 0 N–H and O–H groups in total. The average molecular weight is 395 g/mol. The Kier molecular flexibility index (Phi) is 5.41. The summed E-state index contributed by atoms with van der Waals surface area (Å²) in [5, 5.41) is 22.9. The van der Waals surface area contributed by atoms with Gasteiger partial charge in [0.2, 0.25) is 0 Å². The number of rotatable bonds is 6. The number of aryl methyl sites for hydroxylation is 1. The van der Waals surface area contributed by atoms with E-state index < -0.39 is 0 Å². The lowest BCUT2D eigenvalue weighted by molar-refractivity contribution is -0.384. The number of hydrogen-bond donors (Lipinski definition) is 0. The van der Waals surface area contributed by atoms with Crippen molar-refractivity contribution in [1.29, 1.82) is 0 Å². The second-order valence-corrected chi connectivity index (χ2v) is 7.53. The van der Waals surface area contributed by atoms with E-state index in [9.17, 15) is 10.1 Å². The molecule has 3 aromatic rings. The minimum atomic E-state index is -0.387. The van der Waals surface area contributed by atoms with Gasteiger partial charge in [-0.1, -0.05) is 35.5 Å². The van der Waals surface area contributed by atoms with Crippen LogP contribution < -0.4 is 0 Å². The van der Waals surface area contributed by atoms with E-state index in [1.165, 1.54) is 17.8 Å². The third kappa shape index (κ3) is 3.70. The van der Waals surface area contributed by atoms with Crippen molar-refractivity contribution in [3.8, 4) is 10.7 Å². The number of nitro benzene ring substituents is 1. The van der Waals surface area contributed by atoms with Crippen LogP contribution in [-0.2, 0) is 12.3 Å². The predicted molar refractivity (Wildman–Crippen MR) is 101 cm³/mol. The summed E-state index contributed by atoms with van der Waals surface area (Å²) in [5.74, 6) is 1.34. The normalized spacial score (nSPS) is 11.0. The van der Waals surface area contributed by atoms with E-state index in [4.69, 9.17) is 11.6 Å². The molecule has 2 aromatic heterocycles. The van der Waals surface area contributed by atoms with Crippen molar-refractivity contribution in [2.45, 2.75) is 31.3 Å². The number of aromatic nitrogens is 3. The zero-order chi connectivity index (χ0) is 18.0. The van der Waals surface area contributed by atoms with Crippen LogP contribution in [0.2, 0.25) is 5.02 Å². The highest BCUT2D eigenvalue weighted by atomic mass is 35.5. The van der Waals surface area contributed by atoms with Crippen molar-refractivity contribution in [3.05, 3.63) is 55.9 Å². The Hall–Kier alpha value is -1.90. The molecule has 0 spiro atoms. The van der Waals surface area contributed by atoms with E-state index in [1.54, 1.807) is 23.5 Å². The lowest BCUT2D eigenvalue weighted by atomic mass is 10.2. The van der Waals surface area contributed by atoms with Gasteiger partial charge in [-0.05, 0) is 30.4 Å². The monoisotopic (exact) mass is 394 g/mol. The highest BCUT2D eigenvalue weighted by molar-refractivity contribution is 7.98. The van der Waals surface area contributed by atoms with E-state index in [0.717, 1.165) is 27.0 Å². The zero-order valence-electron chi connectivity index (χ0n) is 13.6. The summed E-state index contributed by atoms with van der Waals surface area (Å²) in [6, 6.07) is 6.63. The fourth-order valence-corrected chi connectivity index (χ4v) is 4.55. The molecule has 0 bridgehead atoms. The Bertz CT molecular complexity index is 923. The Balaban J connectivity index is 1.83. The third-order valence-electron chi connectivity index (χ3n) is 3.62. The summed E-state index contributed by atoms with van der Waals surface area (Å²) >= 11 is 9.41. The highest BCUT2D eigenvalue weighted by Gasteiger charge is 2.18. The van der Waals surface area contributed by atoms with Crippen LogP contribution in [0.25, 0.3) is 10.7 Å². The number of hydrogen-bond acceptors (Lipinski definition) is 6. The summed E-state index contributed by atoms with van der Waals surface area (Å²) in [6.45, 7) is 4.71. The van der Waals surface area contributed by atoms with Crippen LogP contribution >= 0.6 is 34.7 Å². The van der Waals surface area contributed by atoms with Gasteiger partial charge in [-0.25, -0.2) is 0 Å². The standard InChI is InChI=1S/C16H15ClN4O2S2/c1-3-20-15(14-13(17)10(2)8-24-14)18-19-16(20)25-9-11-5-4-6-12(7-11)21(22)23/h4-8H,3,9H2,1-2H3. The van der Waals surface area contributed by atoms with Gasteiger partial charge in [-0.3, -0.25) is 10.1 Å². The number of thiophene rings is 1. The van der Waals surface area contributed by atoms with Crippen LogP contribution in [0.15, 0.2) is 34.8 Å². The van der Waals surface area contributed by atoms with Crippen molar-refractivity contribution >= 4 is 40.4 Å². The molecule has 1 aromatic carbocycles. The number of nitrogens with zero attached hydrogens (tertiary/aromatic N) is 4. The van der Waals surface area contributed by atoms with E-state index in [0.29, 0.717) is 17.3 Å². The van der Waals surface area contributed by atoms with Crippen molar-refractivity contribution in [2.75, 3.05) is 0 Å². The molecule has 0 fully saturated rings. The molecule has 130 valence electrons. The maximum Gasteiger partial charge on any atom is 0.269 e. The van der Waals surface area contributed by atoms with Crippen LogP contribution in [0.3, 0.4) is 0 Å². The minimum Gasteiger partial charge on any atom is -0.302 e. The topological polar surface area (TPSA) is 73.8 Å². The van der Waals surface area contributed by atoms with E-state index in [2.05, 4.69) is 10.2 Å². The largest absolute Gasteiger partial charge is 0.302 e. The van der Waals surface area contributed by atoms with E-state index in [1.807, 2.05) is 29.9 Å². The third-order valence-corrected chi connectivity index (χ3v) is 6.36. The SMILES string of the molecule is CCn1c(SCc2cccc([N+](=O)[O-])c2)nnc1-c1scc(C)c1Cl. The molecular formula is C16H15ClN4O2S2. The summed E-state index contributed by atoms with van der Waals surface area (Å²) in [4.78, 5) is 11.4. The van der Waals surface area contributed by atoms with Gasteiger partial charge in [0.05, 0.1) is 14.8 Å². The molecule has 2 heterocycles. The first-order chi connectivity index (χ1) is 12.0. The molecule has 0 aliphatic rings. The highest BCUT2D eigenvalue weighted by Crippen LogP contribution is 2.37. The van der Waals surface area contributed by atoms with E-state index in [-0.39, 0.29) is 10.6 Å². The first-order valence-corrected chi connectivity index (χ1v) is 9.78. The van der Waals surface area contributed by atoms with Crippen molar-refractivity contribution in [2.24, 2.45) is 0 Å². The van der Waals surface area contributed by atoms with Gasteiger partial charge in [0, 0.05) is 24.4 Å². The molecule has 0 amide bonds. The number of benzene rings is 1.